The van der Waals surface area contributed by atoms with Gasteiger partial charge in [0.05, 0.1) is 5.54 Å². The molecule has 1 nitrogen and oxygen atoms in total. The lowest BCUT2D eigenvalue weighted by atomic mass is 9.90. The molecule has 0 radical (unpaired) electrons. The van der Waals surface area contributed by atoms with Crippen molar-refractivity contribution in [3.05, 3.63) is 35.4 Å². The minimum absolute atomic E-state index is 0.353. The predicted octanol–water partition coefficient (Wildman–Crippen LogP) is 3.04. The average molecular weight is 195 g/mol. The molecule has 14 heavy (non-hydrogen) atoms. The molecule has 0 bridgehead atoms. The number of halogens is 2. The molecule has 0 aliphatic carbocycles. The van der Waals surface area contributed by atoms with Gasteiger partial charge < -0.3 is 0 Å². The number of benzene rings is 1. The first-order chi connectivity index (χ1) is 6.62. The van der Waals surface area contributed by atoms with Crippen LogP contribution in [0.4, 0.5) is 8.78 Å². The van der Waals surface area contributed by atoms with E-state index in [-0.39, 0.29) is 5.82 Å². The summed E-state index contributed by atoms with van der Waals surface area (Å²) >= 11 is 0. The fourth-order valence-corrected chi connectivity index (χ4v) is 1.79. The maximum Gasteiger partial charge on any atom is 0.129 e. The molecular weight excluding hydrogens is 184 g/mol. The minimum Gasteiger partial charge on any atom is -0.286 e. The number of nitrogens with zero attached hydrogens (tertiary/aromatic N) is 1. The maximum atomic E-state index is 13.4. The molecule has 0 fully saturated rings. The lowest BCUT2D eigenvalue weighted by molar-refractivity contribution is 0.456. The van der Waals surface area contributed by atoms with Crippen LogP contribution in [0.15, 0.2) is 23.2 Å². The third-order valence-corrected chi connectivity index (χ3v) is 2.65. The molecule has 74 valence electrons. The summed E-state index contributed by atoms with van der Waals surface area (Å²) in [5.41, 5.74) is -0.224. The van der Waals surface area contributed by atoms with Crippen LogP contribution in [0.1, 0.15) is 25.3 Å². The second-order valence-electron chi connectivity index (χ2n) is 3.75. The van der Waals surface area contributed by atoms with Gasteiger partial charge in [-0.05, 0) is 44.2 Å². The van der Waals surface area contributed by atoms with Gasteiger partial charge in [0.15, 0.2) is 0 Å². The SMILES string of the molecule is C[C@@]1(c2cc(F)ccc2F)CCC=N1. The second kappa shape index (κ2) is 3.15. The Morgan fingerprint density at radius 3 is 2.79 bits per heavy atom. The summed E-state index contributed by atoms with van der Waals surface area (Å²) in [6.45, 7) is 1.83. The van der Waals surface area contributed by atoms with Gasteiger partial charge in [-0.25, -0.2) is 8.78 Å². The lowest BCUT2D eigenvalue weighted by Crippen LogP contribution is -2.17. The molecule has 1 aromatic rings. The quantitative estimate of drug-likeness (QED) is 0.653. The molecule has 0 saturated heterocycles. The summed E-state index contributed by atoms with van der Waals surface area (Å²) in [5, 5.41) is 0. The van der Waals surface area contributed by atoms with Crippen LogP contribution in [-0.4, -0.2) is 6.21 Å². The molecule has 1 aliphatic rings. The van der Waals surface area contributed by atoms with Crippen LogP contribution in [-0.2, 0) is 5.54 Å². The van der Waals surface area contributed by atoms with Crippen molar-refractivity contribution in [3.63, 3.8) is 0 Å². The minimum atomic E-state index is -0.577. The van der Waals surface area contributed by atoms with Gasteiger partial charge in [0.25, 0.3) is 0 Å². The summed E-state index contributed by atoms with van der Waals surface area (Å²) in [5.74, 6) is -0.794. The van der Waals surface area contributed by atoms with E-state index in [1.165, 1.54) is 6.07 Å². The van der Waals surface area contributed by atoms with Crippen LogP contribution < -0.4 is 0 Å². The van der Waals surface area contributed by atoms with Crippen molar-refractivity contribution in [1.82, 2.24) is 0 Å². The van der Waals surface area contributed by atoms with Crippen LogP contribution >= 0.6 is 0 Å². The summed E-state index contributed by atoms with van der Waals surface area (Å²) in [6.07, 6.45) is 3.34. The molecule has 2 rings (SSSR count). The van der Waals surface area contributed by atoms with Crippen LogP contribution in [0.3, 0.4) is 0 Å². The van der Waals surface area contributed by atoms with E-state index in [0.717, 1.165) is 25.0 Å². The molecule has 0 aromatic heterocycles. The highest BCUT2D eigenvalue weighted by molar-refractivity contribution is 5.61. The topological polar surface area (TPSA) is 12.4 Å². The predicted molar refractivity (Wildman–Crippen MR) is 51.4 cm³/mol. The molecule has 1 aliphatic heterocycles. The highest BCUT2D eigenvalue weighted by Gasteiger charge is 2.30. The van der Waals surface area contributed by atoms with E-state index in [9.17, 15) is 8.78 Å². The van der Waals surface area contributed by atoms with Crippen LogP contribution in [0, 0.1) is 11.6 Å². The van der Waals surface area contributed by atoms with E-state index in [1.54, 1.807) is 6.21 Å². The van der Waals surface area contributed by atoms with Gasteiger partial charge in [0, 0.05) is 5.56 Å². The van der Waals surface area contributed by atoms with E-state index < -0.39 is 11.4 Å². The first-order valence-corrected chi connectivity index (χ1v) is 4.61. The number of hydrogen-bond acceptors (Lipinski definition) is 1. The zero-order valence-corrected chi connectivity index (χ0v) is 7.93. The zero-order valence-electron chi connectivity index (χ0n) is 7.93. The highest BCUT2D eigenvalue weighted by atomic mass is 19.1. The second-order valence-corrected chi connectivity index (χ2v) is 3.75. The summed E-state index contributed by atoms with van der Waals surface area (Å²) in [7, 11) is 0. The van der Waals surface area contributed by atoms with E-state index in [1.807, 2.05) is 6.92 Å². The standard InChI is InChI=1S/C11H11F2N/c1-11(5-2-6-14-11)9-7-8(12)3-4-10(9)13/h3-4,6-7H,2,5H2,1H3/t11-/m0/s1. The molecule has 0 amide bonds. The Labute approximate surface area is 81.5 Å². The Hall–Kier alpha value is -1.25. The zero-order chi connectivity index (χ0) is 10.2. The van der Waals surface area contributed by atoms with Gasteiger partial charge in [-0.3, -0.25) is 4.99 Å². The monoisotopic (exact) mass is 195 g/mol. The van der Waals surface area contributed by atoms with Crippen molar-refractivity contribution < 1.29 is 8.78 Å². The normalized spacial score (nSPS) is 25.6. The van der Waals surface area contributed by atoms with Gasteiger partial charge >= 0.3 is 0 Å². The largest absolute Gasteiger partial charge is 0.286 e. The van der Waals surface area contributed by atoms with Crippen molar-refractivity contribution in [1.29, 1.82) is 0 Å². The number of aliphatic imine (C=N–C) groups is 1. The molecule has 0 N–H and O–H groups in total. The van der Waals surface area contributed by atoms with Crippen molar-refractivity contribution in [2.24, 2.45) is 4.99 Å². The Balaban J connectivity index is 2.49. The molecule has 0 unspecified atom stereocenters. The fourth-order valence-electron chi connectivity index (χ4n) is 1.79. The first kappa shape index (κ1) is 9.31. The third kappa shape index (κ3) is 1.43. The van der Waals surface area contributed by atoms with Crippen LogP contribution in [0.25, 0.3) is 0 Å². The van der Waals surface area contributed by atoms with Gasteiger partial charge in [0.2, 0.25) is 0 Å². The molecule has 0 spiro atoms. The fraction of sp³-hybridized carbons (Fsp3) is 0.364. The molecule has 1 aromatic carbocycles. The highest BCUT2D eigenvalue weighted by Crippen LogP contribution is 2.35. The Morgan fingerprint density at radius 2 is 2.14 bits per heavy atom. The van der Waals surface area contributed by atoms with Crippen molar-refractivity contribution in [2.45, 2.75) is 25.3 Å². The van der Waals surface area contributed by atoms with Gasteiger partial charge in [-0.2, -0.15) is 0 Å². The summed E-state index contributed by atoms with van der Waals surface area (Å²) < 4.78 is 26.4. The van der Waals surface area contributed by atoms with Crippen molar-refractivity contribution in [3.8, 4) is 0 Å². The maximum absolute atomic E-state index is 13.4. The molecule has 3 heteroatoms. The summed E-state index contributed by atoms with van der Waals surface area (Å²) in [6, 6.07) is 3.52. The van der Waals surface area contributed by atoms with Gasteiger partial charge in [-0.15, -0.1) is 0 Å². The third-order valence-electron chi connectivity index (χ3n) is 2.65. The number of rotatable bonds is 1. The Morgan fingerprint density at radius 1 is 1.36 bits per heavy atom. The van der Waals surface area contributed by atoms with Gasteiger partial charge in [0.1, 0.15) is 11.6 Å². The molecule has 0 saturated carbocycles. The molecule has 1 atom stereocenters. The lowest BCUT2D eigenvalue weighted by Gasteiger charge is -2.21. The van der Waals surface area contributed by atoms with Crippen molar-refractivity contribution >= 4 is 6.21 Å². The smallest absolute Gasteiger partial charge is 0.129 e. The van der Waals surface area contributed by atoms with E-state index in [4.69, 9.17) is 0 Å². The van der Waals surface area contributed by atoms with Gasteiger partial charge in [-0.1, -0.05) is 0 Å². The van der Waals surface area contributed by atoms with Crippen molar-refractivity contribution in [2.75, 3.05) is 0 Å². The molecule has 1 heterocycles. The van der Waals surface area contributed by atoms with E-state index in [2.05, 4.69) is 4.99 Å². The van der Waals surface area contributed by atoms with Crippen LogP contribution in [0.5, 0.6) is 0 Å². The van der Waals surface area contributed by atoms with E-state index in [0.29, 0.717) is 5.56 Å². The van der Waals surface area contributed by atoms with Crippen LogP contribution in [0.2, 0.25) is 0 Å². The molecular formula is C11H11F2N. The Bertz CT molecular complexity index is 387. The summed E-state index contributed by atoms with van der Waals surface area (Å²) in [4.78, 5) is 4.21. The average Bonchev–Trinajstić information content (AvgIpc) is 2.58. The number of hydrogen-bond donors (Lipinski definition) is 0. The van der Waals surface area contributed by atoms with E-state index >= 15 is 0 Å². The Kier molecular flexibility index (Phi) is 2.10. The first-order valence-electron chi connectivity index (χ1n) is 4.61.